The fourth-order valence-corrected chi connectivity index (χ4v) is 4.53. The quantitative estimate of drug-likeness (QED) is 0.793. The molecule has 0 radical (unpaired) electrons. The van der Waals surface area contributed by atoms with Crippen molar-refractivity contribution in [3.05, 3.63) is 50.6 Å². The van der Waals surface area contributed by atoms with Crippen molar-refractivity contribution in [3.8, 4) is 6.07 Å². The third kappa shape index (κ3) is 3.92. The second-order valence-corrected chi connectivity index (χ2v) is 8.43. The third-order valence-electron chi connectivity index (χ3n) is 2.91. The predicted octanol–water partition coefficient (Wildman–Crippen LogP) is 3.40. The van der Waals surface area contributed by atoms with Crippen LogP contribution in [0, 0.1) is 11.3 Å². The second kappa shape index (κ2) is 6.71. The Bertz CT molecular complexity index is 761. The summed E-state index contributed by atoms with van der Waals surface area (Å²) in [6, 6.07) is 10.4. The maximum Gasteiger partial charge on any atom is 0.243 e. The summed E-state index contributed by atoms with van der Waals surface area (Å²) in [5.41, 5.74) is 0.807. The normalized spacial score (nSPS) is 11.5. The van der Waals surface area contributed by atoms with Crippen LogP contribution in [0.4, 0.5) is 0 Å². The SMILES string of the molecule is CN(Cc1cc(Br)cs1)S(=O)(=O)c1ccc(CC#N)cc1. The lowest BCUT2D eigenvalue weighted by atomic mass is 10.2. The summed E-state index contributed by atoms with van der Waals surface area (Å²) in [6.45, 7) is 0.332. The van der Waals surface area contributed by atoms with Crippen molar-refractivity contribution in [1.29, 1.82) is 5.26 Å². The van der Waals surface area contributed by atoms with Gasteiger partial charge in [-0.25, -0.2) is 8.42 Å². The van der Waals surface area contributed by atoms with Crippen molar-refractivity contribution < 1.29 is 8.42 Å². The minimum absolute atomic E-state index is 0.238. The van der Waals surface area contributed by atoms with E-state index in [4.69, 9.17) is 5.26 Å². The lowest BCUT2D eigenvalue weighted by Gasteiger charge is -2.16. The fraction of sp³-hybridized carbons (Fsp3) is 0.214. The number of nitriles is 1. The number of sulfonamides is 1. The van der Waals surface area contributed by atoms with E-state index in [9.17, 15) is 8.42 Å². The highest BCUT2D eigenvalue weighted by Crippen LogP contribution is 2.23. The molecular weight excluding hydrogens is 372 g/mol. The molecule has 21 heavy (non-hydrogen) atoms. The van der Waals surface area contributed by atoms with Gasteiger partial charge in [-0.2, -0.15) is 9.57 Å². The van der Waals surface area contributed by atoms with Gasteiger partial charge in [-0.05, 0) is 39.7 Å². The Hall–Kier alpha value is -1.20. The molecule has 0 saturated carbocycles. The molecule has 4 nitrogen and oxygen atoms in total. The summed E-state index contributed by atoms with van der Waals surface area (Å²) < 4.78 is 27.2. The first-order valence-corrected chi connectivity index (χ1v) is 9.20. The fourth-order valence-electron chi connectivity index (χ4n) is 1.79. The molecule has 0 aliphatic carbocycles. The van der Waals surface area contributed by atoms with Crippen LogP contribution in [0.15, 0.2) is 45.1 Å². The molecule has 0 aliphatic heterocycles. The number of thiophene rings is 1. The molecule has 1 heterocycles. The lowest BCUT2D eigenvalue weighted by Crippen LogP contribution is -2.26. The second-order valence-electron chi connectivity index (χ2n) is 4.47. The number of hydrogen-bond acceptors (Lipinski definition) is 4. The molecular formula is C14H13BrN2O2S2. The lowest BCUT2D eigenvalue weighted by molar-refractivity contribution is 0.469. The molecule has 7 heteroatoms. The van der Waals surface area contributed by atoms with E-state index in [0.717, 1.165) is 14.9 Å². The molecule has 0 atom stereocenters. The minimum Gasteiger partial charge on any atom is -0.207 e. The molecule has 0 bridgehead atoms. The van der Waals surface area contributed by atoms with E-state index in [2.05, 4.69) is 15.9 Å². The van der Waals surface area contributed by atoms with E-state index in [1.54, 1.807) is 31.3 Å². The molecule has 0 aliphatic rings. The van der Waals surface area contributed by atoms with E-state index < -0.39 is 10.0 Å². The molecule has 110 valence electrons. The van der Waals surface area contributed by atoms with Gasteiger partial charge in [-0.1, -0.05) is 12.1 Å². The van der Waals surface area contributed by atoms with Gasteiger partial charge in [-0.3, -0.25) is 0 Å². The Balaban J connectivity index is 2.18. The van der Waals surface area contributed by atoms with Gasteiger partial charge in [0.05, 0.1) is 17.4 Å². The van der Waals surface area contributed by atoms with Crippen molar-refractivity contribution in [1.82, 2.24) is 4.31 Å². The average molecular weight is 385 g/mol. The van der Waals surface area contributed by atoms with Crippen LogP contribution in [-0.2, 0) is 23.0 Å². The van der Waals surface area contributed by atoms with E-state index in [1.165, 1.54) is 15.6 Å². The Morgan fingerprint density at radius 1 is 1.33 bits per heavy atom. The largest absolute Gasteiger partial charge is 0.243 e. The monoisotopic (exact) mass is 384 g/mol. The van der Waals surface area contributed by atoms with Gasteiger partial charge < -0.3 is 0 Å². The van der Waals surface area contributed by atoms with Crippen LogP contribution < -0.4 is 0 Å². The predicted molar refractivity (Wildman–Crippen MR) is 86.4 cm³/mol. The van der Waals surface area contributed by atoms with Crippen LogP contribution in [0.1, 0.15) is 10.4 Å². The zero-order valence-electron chi connectivity index (χ0n) is 11.3. The molecule has 0 N–H and O–H groups in total. The molecule has 0 fully saturated rings. The van der Waals surface area contributed by atoms with Crippen LogP contribution in [0.3, 0.4) is 0 Å². The molecule has 0 amide bonds. The Morgan fingerprint density at radius 2 is 2.00 bits per heavy atom. The summed E-state index contributed by atoms with van der Waals surface area (Å²) in [5, 5.41) is 10.5. The summed E-state index contributed by atoms with van der Waals surface area (Å²) in [4.78, 5) is 1.20. The summed E-state index contributed by atoms with van der Waals surface area (Å²) in [5.74, 6) is 0. The van der Waals surface area contributed by atoms with Gasteiger partial charge in [0.15, 0.2) is 0 Å². The van der Waals surface area contributed by atoms with E-state index >= 15 is 0 Å². The zero-order valence-corrected chi connectivity index (χ0v) is 14.5. The number of hydrogen-bond donors (Lipinski definition) is 0. The first-order chi connectivity index (χ1) is 9.93. The highest BCUT2D eigenvalue weighted by Gasteiger charge is 2.21. The standard InChI is InChI=1S/C14H13BrN2O2S2/c1-17(9-13-8-12(15)10-20-13)21(18,19)14-4-2-11(3-5-14)6-7-16/h2-5,8,10H,6,9H2,1H3. The summed E-state index contributed by atoms with van der Waals surface area (Å²) in [7, 11) is -1.96. The van der Waals surface area contributed by atoms with Gasteiger partial charge in [0, 0.05) is 28.3 Å². The van der Waals surface area contributed by atoms with Crippen LogP contribution >= 0.6 is 27.3 Å². The minimum atomic E-state index is -3.52. The maximum absolute atomic E-state index is 12.5. The average Bonchev–Trinajstić information content (AvgIpc) is 2.85. The molecule has 0 spiro atoms. The first kappa shape index (κ1) is 16.2. The highest BCUT2D eigenvalue weighted by molar-refractivity contribution is 9.10. The van der Waals surface area contributed by atoms with Gasteiger partial charge in [0.1, 0.15) is 0 Å². The third-order valence-corrected chi connectivity index (χ3v) is 6.41. The molecule has 1 aromatic carbocycles. The van der Waals surface area contributed by atoms with Gasteiger partial charge >= 0.3 is 0 Å². The van der Waals surface area contributed by atoms with Crippen molar-refractivity contribution in [2.24, 2.45) is 0 Å². The molecule has 0 unspecified atom stereocenters. The van der Waals surface area contributed by atoms with Crippen LogP contribution in [0.25, 0.3) is 0 Å². The van der Waals surface area contributed by atoms with Crippen molar-refractivity contribution >= 4 is 37.3 Å². The number of halogens is 1. The maximum atomic E-state index is 12.5. The number of benzene rings is 1. The Labute approximate surface area is 136 Å². The van der Waals surface area contributed by atoms with Crippen molar-refractivity contribution in [2.75, 3.05) is 7.05 Å². The van der Waals surface area contributed by atoms with E-state index in [1.807, 2.05) is 17.5 Å². The molecule has 2 aromatic rings. The smallest absolute Gasteiger partial charge is 0.207 e. The van der Waals surface area contributed by atoms with Crippen LogP contribution in [0.2, 0.25) is 0 Å². The molecule has 0 saturated heterocycles. The topological polar surface area (TPSA) is 61.2 Å². The van der Waals surface area contributed by atoms with Gasteiger partial charge in [0.2, 0.25) is 10.0 Å². The molecule has 1 aromatic heterocycles. The van der Waals surface area contributed by atoms with E-state index in [-0.39, 0.29) is 11.3 Å². The summed E-state index contributed by atoms with van der Waals surface area (Å²) >= 11 is 4.87. The van der Waals surface area contributed by atoms with Crippen LogP contribution in [0.5, 0.6) is 0 Å². The van der Waals surface area contributed by atoms with Crippen LogP contribution in [-0.4, -0.2) is 19.8 Å². The summed E-state index contributed by atoms with van der Waals surface area (Å²) in [6.07, 6.45) is 0.277. The highest BCUT2D eigenvalue weighted by atomic mass is 79.9. The Kier molecular flexibility index (Phi) is 5.17. The number of rotatable bonds is 5. The Morgan fingerprint density at radius 3 is 2.52 bits per heavy atom. The van der Waals surface area contributed by atoms with Crippen molar-refractivity contribution in [2.45, 2.75) is 17.9 Å². The number of nitrogens with zero attached hydrogens (tertiary/aromatic N) is 2. The van der Waals surface area contributed by atoms with E-state index in [0.29, 0.717) is 6.54 Å². The molecule has 2 rings (SSSR count). The van der Waals surface area contributed by atoms with Gasteiger partial charge in [0.25, 0.3) is 0 Å². The van der Waals surface area contributed by atoms with Gasteiger partial charge in [-0.15, -0.1) is 11.3 Å². The zero-order chi connectivity index (χ0) is 15.5. The first-order valence-electron chi connectivity index (χ1n) is 6.08. The van der Waals surface area contributed by atoms with Crippen molar-refractivity contribution in [3.63, 3.8) is 0 Å².